The van der Waals surface area contributed by atoms with Gasteiger partial charge < -0.3 is 90.4 Å². The van der Waals surface area contributed by atoms with Crippen molar-refractivity contribution in [2.75, 3.05) is 50.6 Å². The number of carboxylic acid groups (broad SMARTS) is 1. The molecule has 0 bridgehead atoms. The van der Waals surface area contributed by atoms with Crippen LogP contribution < -0.4 is 37.3 Å². The number of carbonyl (C=O) groups is 7. The number of aliphatic carboxylic acids is 1. The van der Waals surface area contributed by atoms with Crippen LogP contribution in [0.2, 0.25) is 0 Å². The summed E-state index contributed by atoms with van der Waals surface area (Å²) in [5, 5.41) is 63.9. The highest BCUT2D eigenvalue weighted by Gasteiger charge is 2.49. The maximum absolute atomic E-state index is 14.1. The maximum Gasteiger partial charge on any atom is 0.410 e. The Balaban J connectivity index is 0.995. The lowest BCUT2D eigenvalue weighted by atomic mass is 9.86. The topological polar surface area (TPSA) is 443 Å². The van der Waals surface area contributed by atoms with E-state index in [2.05, 4.69) is 21.3 Å². The molecule has 3 aliphatic rings. The quantitative estimate of drug-likeness (QED) is 0.0167. The molecule has 12 N–H and O–H groups in total. The molecule has 0 radical (unpaired) electrons. The van der Waals surface area contributed by atoms with Gasteiger partial charge in [0, 0.05) is 42.1 Å². The van der Waals surface area contributed by atoms with Gasteiger partial charge in [-0.2, -0.15) is 8.42 Å². The van der Waals surface area contributed by atoms with E-state index in [0.717, 1.165) is 10.9 Å². The fourth-order valence-electron chi connectivity index (χ4n) is 10.1. The van der Waals surface area contributed by atoms with Gasteiger partial charge in [-0.1, -0.05) is 45.0 Å². The first-order chi connectivity index (χ1) is 41.5. The van der Waals surface area contributed by atoms with E-state index >= 15 is 0 Å². The van der Waals surface area contributed by atoms with Crippen LogP contribution in [0.3, 0.4) is 0 Å². The summed E-state index contributed by atoms with van der Waals surface area (Å²) >= 11 is 0. The fourth-order valence-corrected chi connectivity index (χ4v) is 10.7. The van der Waals surface area contributed by atoms with Crippen molar-refractivity contribution in [2.45, 2.75) is 141 Å². The van der Waals surface area contributed by atoms with Crippen molar-refractivity contribution in [1.29, 1.82) is 0 Å². The third-order valence-corrected chi connectivity index (χ3v) is 15.8. The lowest BCUT2D eigenvalue weighted by Gasteiger charge is -2.38. The number of esters is 1. The second-order valence-corrected chi connectivity index (χ2v) is 23.4. The van der Waals surface area contributed by atoms with Gasteiger partial charge in [0.25, 0.3) is 15.7 Å². The standard InChI is InChI=1S/C57H74N8O22S/c1-7-57(78)36-23-40-44-34(24-65(40)52(73)35(36)26-84-55(57)76)32(33-10-8-9-11-38(33)61-44)14-17-64(29(4)5)56(77)85-25-31-12-13-39(41(22-31)86-54-47(69)45(67)46(68)48(87-54)53(74)75)62-49(70)30(6)60-51(72)43(28(2)3)63-42(66)15-18-82-20-21-83-19-16-59-50(71)37(58)27-88(79,80)81/h8-13,22-23,28-30,37,43,45-48,54,67-69,78H,7,14-21,24-27,58H2,1-6H3,(H,59,71)(H,60,72)(H,62,70)(H,63,66)(H,74,75)(H,79,80,81)/t30-,37-,43-,45-,46-,47+,48-,54+,57-/m0/s1. The second-order valence-electron chi connectivity index (χ2n) is 21.9. The normalized spacial score (nSPS) is 20.6. The number of carboxylic acids is 1. The molecule has 1 fully saturated rings. The van der Waals surface area contributed by atoms with Crippen LogP contribution in [0.15, 0.2) is 53.3 Å². The van der Waals surface area contributed by atoms with Crippen molar-refractivity contribution >= 4 is 68.4 Å². The number of nitrogens with two attached hydrogens (primary N) is 1. The van der Waals surface area contributed by atoms with E-state index in [0.29, 0.717) is 22.5 Å². The van der Waals surface area contributed by atoms with Crippen LogP contribution in [0.5, 0.6) is 5.75 Å². The Labute approximate surface area is 504 Å². The van der Waals surface area contributed by atoms with Crippen molar-refractivity contribution in [2.24, 2.45) is 11.7 Å². The first kappa shape index (κ1) is 67.8. The summed E-state index contributed by atoms with van der Waals surface area (Å²) in [5.41, 5.74) is 6.39. The molecule has 1 saturated heterocycles. The molecule has 88 heavy (non-hydrogen) atoms. The molecule has 0 unspecified atom stereocenters. The molecule has 9 atom stereocenters. The monoisotopic (exact) mass is 1250 g/mol. The van der Waals surface area contributed by atoms with E-state index in [1.165, 1.54) is 34.6 Å². The average Bonchev–Trinajstić information content (AvgIpc) is 1.58. The van der Waals surface area contributed by atoms with E-state index in [1.54, 1.807) is 40.7 Å². The lowest BCUT2D eigenvalue weighted by Crippen LogP contribution is -2.61. The van der Waals surface area contributed by atoms with E-state index in [-0.39, 0.29) is 100 Å². The Bertz CT molecular complexity index is 3450. The minimum absolute atomic E-state index is 0.0133. The zero-order valence-electron chi connectivity index (χ0n) is 49.1. The molecular weight excluding hydrogens is 1180 g/mol. The van der Waals surface area contributed by atoms with Crippen molar-refractivity contribution in [1.82, 2.24) is 30.4 Å². The van der Waals surface area contributed by atoms with Crippen LogP contribution in [0.4, 0.5) is 10.5 Å². The number of aliphatic hydroxyl groups excluding tert-OH is 3. The van der Waals surface area contributed by atoms with Crippen molar-refractivity contribution < 1.29 is 100 Å². The van der Waals surface area contributed by atoms with Crippen LogP contribution in [-0.2, 0) is 94.4 Å². The zero-order chi connectivity index (χ0) is 64.5. The molecule has 30 nitrogen and oxygen atoms in total. The van der Waals surface area contributed by atoms with Crippen LogP contribution in [0, 0.1) is 5.92 Å². The number of nitrogens with one attached hydrogen (secondary N) is 4. The highest BCUT2D eigenvalue weighted by atomic mass is 32.2. The molecule has 2 aromatic carbocycles. The summed E-state index contributed by atoms with van der Waals surface area (Å²) in [4.78, 5) is 112. The Morgan fingerprint density at radius 3 is 2.27 bits per heavy atom. The number of benzene rings is 2. The van der Waals surface area contributed by atoms with Gasteiger partial charge in [-0.15, -0.1) is 0 Å². The summed E-state index contributed by atoms with van der Waals surface area (Å²) in [7, 11) is -4.44. The number of pyridine rings is 2. The number of aromatic nitrogens is 2. The number of hydrogen-bond donors (Lipinski definition) is 11. The summed E-state index contributed by atoms with van der Waals surface area (Å²) in [6.07, 6.45) is -10.9. The number of amides is 5. The van der Waals surface area contributed by atoms with E-state index in [1.807, 2.05) is 24.3 Å². The number of para-hydroxylation sites is 1. The smallest absolute Gasteiger partial charge is 0.410 e. The molecule has 4 aromatic rings. The minimum atomic E-state index is -4.44. The highest BCUT2D eigenvalue weighted by Crippen LogP contribution is 2.41. The number of rotatable bonds is 28. The number of nitrogens with zero attached hydrogens (tertiary/aromatic N) is 3. The third kappa shape index (κ3) is 15.9. The molecular formula is C57H74N8O22S. The number of aliphatic hydroxyl groups is 4. The predicted octanol–water partition coefficient (Wildman–Crippen LogP) is -0.721. The molecule has 7 rings (SSSR count). The van der Waals surface area contributed by atoms with Crippen LogP contribution in [0.25, 0.3) is 22.3 Å². The summed E-state index contributed by atoms with van der Waals surface area (Å²) in [6.45, 7) is 9.37. The van der Waals surface area contributed by atoms with Gasteiger partial charge in [0.1, 0.15) is 55.4 Å². The number of fused-ring (bicyclic) bond motifs is 5. The van der Waals surface area contributed by atoms with Gasteiger partial charge in [-0.3, -0.25) is 28.5 Å². The van der Waals surface area contributed by atoms with E-state index in [9.17, 15) is 72.3 Å². The third-order valence-electron chi connectivity index (χ3n) is 15.0. The SMILES string of the molecule is CC[C@@]1(O)C(=O)OCc2c1cc1n(c2=O)Cc2c-1nc1ccccc1c2CCN(C(=O)OCc1ccc(NC(=O)[C@H](C)NC(=O)[C@@H](NC(=O)CCOCCOCCNC(=O)[C@@H](N)CS(=O)(=O)O)C(C)C)c(O[C@@H]2O[C@H](C(=O)O)[C@@H](O)[C@H](O)[C@H]2O)c1)C(C)C. The van der Waals surface area contributed by atoms with Gasteiger partial charge in [-0.05, 0) is 74.9 Å². The Kier molecular flexibility index (Phi) is 22.4. The molecule has 5 heterocycles. The largest absolute Gasteiger partial charge is 0.479 e. The highest BCUT2D eigenvalue weighted by molar-refractivity contribution is 7.85. The zero-order valence-corrected chi connectivity index (χ0v) is 49.9. The van der Waals surface area contributed by atoms with Gasteiger partial charge in [0.05, 0.1) is 66.9 Å². The number of cyclic esters (lactones) is 1. The summed E-state index contributed by atoms with van der Waals surface area (Å²) in [6, 6.07) is 8.70. The minimum Gasteiger partial charge on any atom is -0.479 e. The summed E-state index contributed by atoms with van der Waals surface area (Å²) in [5.74, 6) is -7.21. The van der Waals surface area contributed by atoms with Crippen LogP contribution >= 0.6 is 0 Å². The first-order valence-electron chi connectivity index (χ1n) is 28.3. The molecule has 5 amide bonds. The second kappa shape index (κ2) is 29.1. The molecule has 2 aromatic heterocycles. The number of anilines is 1. The maximum atomic E-state index is 14.1. The molecule has 3 aliphatic heterocycles. The molecule has 31 heteroatoms. The van der Waals surface area contributed by atoms with Gasteiger partial charge in [0.2, 0.25) is 29.9 Å². The Morgan fingerprint density at radius 1 is 0.898 bits per heavy atom. The van der Waals surface area contributed by atoms with E-state index in [4.69, 9.17) is 43.7 Å². The Morgan fingerprint density at radius 2 is 1.60 bits per heavy atom. The molecule has 480 valence electrons. The molecule has 0 aliphatic carbocycles. The van der Waals surface area contributed by atoms with Gasteiger partial charge >= 0.3 is 18.0 Å². The number of ether oxygens (including phenoxy) is 6. The predicted molar refractivity (Wildman–Crippen MR) is 308 cm³/mol. The number of carbonyl (C=O) groups excluding carboxylic acids is 6. The van der Waals surface area contributed by atoms with Crippen molar-refractivity contribution in [3.63, 3.8) is 0 Å². The van der Waals surface area contributed by atoms with Crippen molar-refractivity contribution in [3.8, 4) is 17.1 Å². The first-order valence-corrected chi connectivity index (χ1v) is 29.9. The fraction of sp³-hybridized carbons (Fsp3) is 0.526. The molecule has 0 spiro atoms. The van der Waals surface area contributed by atoms with Crippen molar-refractivity contribution in [3.05, 3.63) is 86.7 Å². The van der Waals surface area contributed by atoms with Gasteiger partial charge in [0.15, 0.2) is 11.7 Å². The van der Waals surface area contributed by atoms with Crippen LogP contribution in [-0.4, -0.2) is 195 Å². The van der Waals surface area contributed by atoms with E-state index < -0.39 is 136 Å². The number of hydrogen-bond acceptors (Lipinski definition) is 22. The lowest BCUT2D eigenvalue weighted by molar-refractivity contribution is -0.271. The van der Waals surface area contributed by atoms with Gasteiger partial charge in [-0.25, -0.2) is 19.4 Å². The Hall–Kier alpha value is -7.72. The summed E-state index contributed by atoms with van der Waals surface area (Å²) < 4.78 is 65.3. The van der Waals surface area contributed by atoms with Crippen LogP contribution in [0.1, 0.15) is 82.2 Å². The average molecular weight is 1260 g/mol. The molecule has 0 saturated carbocycles.